The summed E-state index contributed by atoms with van der Waals surface area (Å²) in [6, 6.07) is 17.9. The average Bonchev–Trinajstić information content (AvgIpc) is 3.63. The molecule has 2 atom stereocenters. The van der Waals surface area contributed by atoms with Crippen LogP contribution in [-0.2, 0) is 11.0 Å². The zero-order valence-electron chi connectivity index (χ0n) is 23.0. The number of amides is 2. The number of alkyl halides is 1. The first-order chi connectivity index (χ1) is 20.2. The van der Waals surface area contributed by atoms with E-state index in [2.05, 4.69) is 11.4 Å². The van der Waals surface area contributed by atoms with Crippen molar-refractivity contribution in [3.05, 3.63) is 77.6 Å². The number of carbonyl (C=O) groups is 2. The second kappa shape index (κ2) is 12.1. The van der Waals surface area contributed by atoms with Gasteiger partial charge in [-0.05, 0) is 54.4 Å². The lowest BCUT2D eigenvalue weighted by molar-refractivity contribution is 0.0789. The van der Waals surface area contributed by atoms with Crippen LogP contribution in [0.3, 0.4) is 0 Å². The van der Waals surface area contributed by atoms with Crippen LogP contribution in [0, 0.1) is 23.1 Å². The van der Waals surface area contributed by atoms with Crippen LogP contribution in [0.15, 0.2) is 65.1 Å². The summed E-state index contributed by atoms with van der Waals surface area (Å²) in [4.78, 5) is 28.1. The third kappa shape index (κ3) is 5.50. The maximum absolute atomic E-state index is 13.7. The third-order valence-corrected chi connectivity index (χ3v) is 8.31. The highest BCUT2D eigenvalue weighted by Gasteiger charge is 2.28. The summed E-state index contributed by atoms with van der Waals surface area (Å²) < 4.78 is 47.7. The minimum absolute atomic E-state index is 0.169. The van der Waals surface area contributed by atoms with Crippen molar-refractivity contribution in [2.24, 2.45) is 5.92 Å². The van der Waals surface area contributed by atoms with Crippen LogP contribution in [0.25, 0.3) is 33.4 Å². The minimum atomic E-state index is -1.63. The van der Waals surface area contributed by atoms with E-state index in [-0.39, 0.29) is 35.3 Å². The van der Waals surface area contributed by atoms with Crippen molar-refractivity contribution in [1.29, 1.82) is 5.26 Å². The highest BCUT2D eigenvalue weighted by molar-refractivity contribution is 7.85. The van der Waals surface area contributed by atoms with Crippen LogP contribution in [0.1, 0.15) is 27.1 Å². The smallest absolute Gasteiger partial charge is 0.255 e. The summed E-state index contributed by atoms with van der Waals surface area (Å²) in [5.74, 6) is -1.09. The number of nitrogens with zero attached hydrogens (tertiary/aromatic N) is 3. The number of fused-ring (bicyclic) bond motifs is 1. The lowest BCUT2D eigenvalue weighted by atomic mass is 9.97. The summed E-state index contributed by atoms with van der Waals surface area (Å²) in [7, 11) is -0.140. The van der Waals surface area contributed by atoms with E-state index >= 15 is 0 Å². The summed E-state index contributed by atoms with van der Waals surface area (Å²) in [6.07, 6.45) is 2.05. The van der Waals surface area contributed by atoms with E-state index in [1.54, 1.807) is 41.3 Å². The van der Waals surface area contributed by atoms with Gasteiger partial charge in [-0.1, -0.05) is 12.1 Å². The first-order valence-electron chi connectivity index (χ1n) is 13.3. The maximum Gasteiger partial charge on any atom is 0.255 e. The van der Waals surface area contributed by atoms with Gasteiger partial charge in [0.15, 0.2) is 0 Å². The van der Waals surface area contributed by atoms with Crippen LogP contribution in [0.2, 0.25) is 0 Å². The van der Waals surface area contributed by atoms with Gasteiger partial charge in [-0.3, -0.25) is 13.9 Å². The molecular formula is C31H28F2N4O4S. The molecule has 0 radical (unpaired) electrons. The quantitative estimate of drug-likeness (QED) is 0.299. The zero-order chi connectivity index (χ0) is 30.0. The van der Waals surface area contributed by atoms with Crippen molar-refractivity contribution < 1.29 is 27.0 Å². The number of rotatable bonds is 8. The van der Waals surface area contributed by atoms with E-state index in [1.165, 1.54) is 41.9 Å². The van der Waals surface area contributed by atoms with E-state index in [9.17, 15) is 27.8 Å². The summed E-state index contributed by atoms with van der Waals surface area (Å²) in [6.45, 7) is -0.106. The van der Waals surface area contributed by atoms with Crippen molar-refractivity contribution in [2.75, 3.05) is 43.9 Å². The number of halogens is 2. The van der Waals surface area contributed by atoms with Gasteiger partial charge in [-0.25, -0.2) is 13.0 Å². The van der Waals surface area contributed by atoms with E-state index < -0.39 is 29.4 Å². The topological polar surface area (TPSA) is 107 Å². The number of nitriles is 1. The monoisotopic (exact) mass is 590 g/mol. The molecular weight excluding hydrogens is 562 g/mol. The molecule has 0 bridgehead atoms. The van der Waals surface area contributed by atoms with Gasteiger partial charge in [0.25, 0.3) is 11.8 Å². The molecule has 216 valence electrons. The Morgan fingerprint density at radius 3 is 2.57 bits per heavy atom. The van der Waals surface area contributed by atoms with Crippen LogP contribution in [-0.4, -0.2) is 60.5 Å². The summed E-state index contributed by atoms with van der Waals surface area (Å²) in [5.41, 5.74) is 2.85. The minimum Gasteiger partial charge on any atom is -0.455 e. The standard InChI is InChI=1S/C31H28F2N4O4S/c1-35-30(38)28-25-15-24(21-4-3-5-22(14-21)31(39)36-12-10-19(17-34)18-36)26(37(13-11-32)42(2)40)16-27(25)41-29(28)20-6-8-23(33)9-7-20/h3-9,14-16,19H,10-13,18H2,1-2H3,(H,35,38). The number of hydrogen-bond donors (Lipinski definition) is 1. The number of likely N-dealkylation sites (tertiary alicyclic amines) is 1. The number of hydrogen-bond acceptors (Lipinski definition) is 5. The molecule has 1 saturated heterocycles. The lowest BCUT2D eigenvalue weighted by Gasteiger charge is -2.24. The van der Waals surface area contributed by atoms with Crippen molar-refractivity contribution in [3.63, 3.8) is 0 Å². The molecule has 1 aliphatic rings. The number of nitrogens with one attached hydrogen (secondary N) is 1. The molecule has 0 saturated carbocycles. The van der Waals surface area contributed by atoms with Gasteiger partial charge < -0.3 is 14.6 Å². The Kier molecular flexibility index (Phi) is 8.36. The predicted octanol–water partition coefficient (Wildman–Crippen LogP) is 5.32. The molecule has 1 fully saturated rings. The van der Waals surface area contributed by atoms with Gasteiger partial charge in [0.05, 0.1) is 29.8 Å². The molecule has 0 aliphatic carbocycles. The maximum atomic E-state index is 13.7. The van der Waals surface area contributed by atoms with Crippen molar-refractivity contribution in [1.82, 2.24) is 10.2 Å². The first-order valence-corrected chi connectivity index (χ1v) is 14.8. The number of furan rings is 1. The van der Waals surface area contributed by atoms with Crippen molar-refractivity contribution in [3.8, 4) is 28.5 Å². The summed E-state index contributed by atoms with van der Waals surface area (Å²) >= 11 is 0. The van der Waals surface area contributed by atoms with Gasteiger partial charge in [-0.2, -0.15) is 5.26 Å². The second-order valence-electron chi connectivity index (χ2n) is 9.92. The van der Waals surface area contributed by atoms with Crippen LogP contribution in [0.5, 0.6) is 0 Å². The molecule has 2 heterocycles. The molecule has 1 N–H and O–H groups in total. The Bertz CT molecular complexity index is 1730. The Labute approximate surface area is 244 Å². The largest absolute Gasteiger partial charge is 0.455 e. The SMILES string of the molecule is CNC(=O)c1c(-c2ccc(F)cc2)oc2cc(N(CCF)S(C)=O)c(-c3cccc(C(=O)N4CCC(C#N)C4)c3)cc12. The van der Waals surface area contributed by atoms with Crippen LogP contribution in [0.4, 0.5) is 14.5 Å². The highest BCUT2D eigenvalue weighted by Crippen LogP contribution is 2.41. The first kappa shape index (κ1) is 29.0. The van der Waals surface area contributed by atoms with E-state index in [1.807, 2.05) is 0 Å². The molecule has 2 unspecified atom stereocenters. The third-order valence-electron chi connectivity index (χ3n) is 7.31. The van der Waals surface area contributed by atoms with Gasteiger partial charge in [0.2, 0.25) is 0 Å². The number of anilines is 1. The lowest BCUT2D eigenvalue weighted by Crippen LogP contribution is -2.28. The zero-order valence-corrected chi connectivity index (χ0v) is 23.8. The molecule has 8 nitrogen and oxygen atoms in total. The molecule has 5 rings (SSSR count). The molecule has 11 heteroatoms. The molecule has 0 spiro atoms. The molecule has 2 amide bonds. The number of carbonyl (C=O) groups excluding carboxylic acids is 2. The Morgan fingerprint density at radius 1 is 1.17 bits per heavy atom. The fraction of sp³-hybridized carbons (Fsp3) is 0.258. The highest BCUT2D eigenvalue weighted by atomic mass is 32.2. The van der Waals surface area contributed by atoms with E-state index in [0.717, 1.165) is 0 Å². The van der Waals surface area contributed by atoms with Crippen LogP contribution >= 0.6 is 0 Å². The van der Waals surface area contributed by atoms with E-state index in [4.69, 9.17) is 4.42 Å². The Balaban J connectivity index is 1.72. The van der Waals surface area contributed by atoms with Gasteiger partial charge in [0, 0.05) is 54.5 Å². The molecule has 3 aromatic carbocycles. The van der Waals surface area contributed by atoms with Crippen LogP contribution < -0.4 is 9.62 Å². The number of benzene rings is 3. The van der Waals surface area contributed by atoms with Crippen molar-refractivity contribution >= 4 is 39.5 Å². The molecule has 1 aromatic heterocycles. The van der Waals surface area contributed by atoms with E-state index in [0.29, 0.717) is 52.8 Å². The van der Waals surface area contributed by atoms with Gasteiger partial charge >= 0.3 is 0 Å². The van der Waals surface area contributed by atoms with Gasteiger partial charge in [-0.15, -0.1) is 0 Å². The molecule has 42 heavy (non-hydrogen) atoms. The van der Waals surface area contributed by atoms with Gasteiger partial charge in [0.1, 0.15) is 34.8 Å². The molecule has 1 aliphatic heterocycles. The fourth-order valence-corrected chi connectivity index (χ4v) is 6.00. The second-order valence-corrected chi connectivity index (χ2v) is 11.2. The molecule has 4 aromatic rings. The normalized spacial score (nSPS) is 15.4. The van der Waals surface area contributed by atoms with Crippen molar-refractivity contribution in [2.45, 2.75) is 6.42 Å². The predicted molar refractivity (Wildman–Crippen MR) is 157 cm³/mol. The fourth-order valence-electron chi connectivity index (χ4n) is 5.24. The summed E-state index contributed by atoms with van der Waals surface area (Å²) in [5, 5.41) is 12.3. The Morgan fingerprint density at radius 2 is 1.93 bits per heavy atom. The Hall–Kier alpha value is -4.56. The average molecular weight is 591 g/mol.